The molecule has 23 heavy (non-hydrogen) atoms. The first-order valence-corrected chi connectivity index (χ1v) is 7.99. The van der Waals surface area contributed by atoms with Crippen molar-refractivity contribution < 1.29 is 9.63 Å². The van der Waals surface area contributed by atoms with Crippen LogP contribution in [0.25, 0.3) is 0 Å². The van der Waals surface area contributed by atoms with Gasteiger partial charge in [0.05, 0.1) is 5.69 Å². The molecule has 1 N–H and O–H groups in total. The van der Waals surface area contributed by atoms with Gasteiger partial charge in [-0.1, -0.05) is 65.4 Å². The standard InChI is InChI=1S/C17H17N3O2S/c1-17(13-9-5-3-6-10-13)15(21)20(16(23-17)19-22-2)18-14-11-7-4-8-12-14/h3-12,18H,1-2H3. The summed E-state index contributed by atoms with van der Waals surface area (Å²) in [6.45, 7) is 1.90. The maximum absolute atomic E-state index is 13.0. The minimum atomic E-state index is -0.750. The van der Waals surface area contributed by atoms with Crippen LogP contribution in [0.2, 0.25) is 0 Å². The van der Waals surface area contributed by atoms with Gasteiger partial charge < -0.3 is 4.84 Å². The van der Waals surface area contributed by atoms with Crippen molar-refractivity contribution in [3.63, 3.8) is 0 Å². The highest BCUT2D eigenvalue weighted by Crippen LogP contribution is 2.45. The molecular formula is C17H17N3O2S. The lowest BCUT2D eigenvalue weighted by atomic mass is 9.99. The third-order valence-electron chi connectivity index (χ3n) is 3.61. The van der Waals surface area contributed by atoms with Crippen LogP contribution in [0.3, 0.4) is 0 Å². The first-order valence-electron chi connectivity index (χ1n) is 7.17. The molecule has 1 saturated heterocycles. The van der Waals surface area contributed by atoms with Gasteiger partial charge in [0.1, 0.15) is 11.9 Å². The Morgan fingerprint density at radius 2 is 1.70 bits per heavy atom. The number of nitrogens with one attached hydrogen (secondary N) is 1. The quantitative estimate of drug-likeness (QED) is 0.874. The number of benzene rings is 2. The molecule has 3 rings (SSSR count). The molecule has 0 bridgehead atoms. The molecule has 0 radical (unpaired) electrons. The number of carbonyl (C=O) groups is 1. The number of thioether (sulfide) groups is 1. The van der Waals surface area contributed by atoms with Crippen LogP contribution in [0.15, 0.2) is 65.8 Å². The maximum Gasteiger partial charge on any atom is 0.268 e. The number of anilines is 1. The molecule has 0 spiro atoms. The van der Waals surface area contributed by atoms with Crippen LogP contribution in [-0.4, -0.2) is 23.2 Å². The molecule has 1 atom stereocenters. The Hall–Kier alpha value is -2.47. The van der Waals surface area contributed by atoms with Crippen molar-refractivity contribution in [3.8, 4) is 0 Å². The fourth-order valence-electron chi connectivity index (χ4n) is 2.39. The molecule has 1 amide bonds. The minimum Gasteiger partial charge on any atom is -0.397 e. The van der Waals surface area contributed by atoms with Crippen molar-refractivity contribution in [1.29, 1.82) is 0 Å². The molecule has 0 aromatic heterocycles. The smallest absolute Gasteiger partial charge is 0.268 e. The number of hydrazine groups is 1. The van der Waals surface area contributed by atoms with Crippen LogP contribution < -0.4 is 5.43 Å². The molecule has 6 heteroatoms. The zero-order valence-electron chi connectivity index (χ0n) is 12.9. The van der Waals surface area contributed by atoms with E-state index in [1.807, 2.05) is 67.6 Å². The van der Waals surface area contributed by atoms with Crippen LogP contribution in [-0.2, 0) is 14.4 Å². The van der Waals surface area contributed by atoms with Crippen molar-refractivity contribution in [3.05, 3.63) is 66.2 Å². The number of rotatable bonds is 4. The monoisotopic (exact) mass is 327 g/mol. The normalized spacial score (nSPS) is 22.4. The van der Waals surface area contributed by atoms with Gasteiger partial charge in [0, 0.05) is 0 Å². The average molecular weight is 327 g/mol. The largest absolute Gasteiger partial charge is 0.397 e. The van der Waals surface area contributed by atoms with Crippen molar-refractivity contribution in [2.75, 3.05) is 12.5 Å². The summed E-state index contributed by atoms with van der Waals surface area (Å²) in [4.78, 5) is 17.9. The van der Waals surface area contributed by atoms with Crippen molar-refractivity contribution >= 4 is 28.5 Å². The second kappa shape index (κ2) is 6.34. The molecule has 5 nitrogen and oxygen atoms in total. The second-order valence-electron chi connectivity index (χ2n) is 5.18. The predicted molar refractivity (Wildman–Crippen MR) is 92.7 cm³/mol. The number of carbonyl (C=O) groups excluding carboxylic acids is 1. The van der Waals surface area contributed by atoms with E-state index in [-0.39, 0.29) is 5.91 Å². The van der Waals surface area contributed by atoms with Crippen LogP contribution in [0.4, 0.5) is 5.69 Å². The third-order valence-corrected chi connectivity index (χ3v) is 4.86. The number of hydrogen-bond acceptors (Lipinski definition) is 5. The van der Waals surface area contributed by atoms with Gasteiger partial charge >= 0.3 is 0 Å². The van der Waals surface area contributed by atoms with Crippen molar-refractivity contribution in [2.45, 2.75) is 11.7 Å². The van der Waals surface area contributed by atoms with Gasteiger partial charge in [0.25, 0.3) is 5.91 Å². The van der Waals surface area contributed by atoms with E-state index in [9.17, 15) is 4.79 Å². The van der Waals surface area contributed by atoms with E-state index >= 15 is 0 Å². The number of para-hydroxylation sites is 1. The van der Waals surface area contributed by atoms with Crippen LogP contribution >= 0.6 is 11.8 Å². The van der Waals surface area contributed by atoms with E-state index in [1.54, 1.807) is 0 Å². The Labute approximate surface area is 139 Å². The Morgan fingerprint density at radius 1 is 1.09 bits per heavy atom. The molecule has 1 heterocycles. The van der Waals surface area contributed by atoms with E-state index in [0.29, 0.717) is 5.17 Å². The third kappa shape index (κ3) is 2.90. The number of amides is 1. The Balaban J connectivity index is 1.95. The summed E-state index contributed by atoms with van der Waals surface area (Å²) in [5.41, 5.74) is 4.84. The first kappa shape index (κ1) is 15.4. The van der Waals surface area contributed by atoms with E-state index < -0.39 is 4.75 Å². The second-order valence-corrected chi connectivity index (χ2v) is 6.56. The summed E-state index contributed by atoms with van der Waals surface area (Å²) in [7, 11) is 1.47. The topological polar surface area (TPSA) is 53.9 Å². The number of hydrogen-bond donors (Lipinski definition) is 1. The summed E-state index contributed by atoms with van der Waals surface area (Å²) >= 11 is 1.36. The minimum absolute atomic E-state index is 0.0895. The van der Waals surface area contributed by atoms with E-state index in [1.165, 1.54) is 23.9 Å². The van der Waals surface area contributed by atoms with Gasteiger partial charge in [-0.3, -0.25) is 10.2 Å². The summed E-state index contributed by atoms with van der Waals surface area (Å²) < 4.78 is -0.750. The molecule has 1 aliphatic heterocycles. The van der Waals surface area contributed by atoms with Crippen LogP contribution in [0.1, 0.15) is 12.5 Å². The molecular weight excluding hydrogens is 310 g/mol. The van der Waals surface area contributed by atoms with Gasteiger partial charge in [-0.05, 0) is 24.6 Å². The molecule has 118 valence electrons. The van der Waals surface area contributed by atoms with Gasteiger partial charge in [-0.2, -0.15) is 5.01 Å². The summed E-state index contributed by atoms with van der Waals surface area (Å²) in [5.74, 6) is -0.0895. The summed E-state index contributed by atoms with van der Waals surface area (Å²) in [5, 5.41) is 5.92. The van der Waals surface area contributed by atoms with Crippen molar-refractivity contribution in [1.82, 2.24) is 5.01 Å². The fourth-order valence-corrected chi connectivity index (χ4v) is 3.52. The lowest BCUT2D eigenvalue weighted by molar-refractivity contribution is -0.128. The van der Waals surface area contributed by atoms with Crippen LogP contribution in [0.5, 0.6) is 0 Å². The summed E-state index contributed by atoms with van der Waals surface area (Å²) in [6.07, 6.45) is 0. The Morgan fingerprint density at radius 3 is 2.30 bits per heavy atom. The average Bonchev–Trinajstić information content (AvgIpc) is 2.83. The van der Waals surface area contributed by atoms with Gasteiger partial charge in [-0.15, -0.1) is 0 Å². The molecule has 2 aromatic carbocycles. The predicted octanol–water partition coefficient (Wildman–Crippen LogP) is 3.42. The van der Waals surface area contributed by atoms with Crippen LogP contribution in [0, 0.1) is 0 Å². The van der Waals surface area contributed by atoms with E-state index in [4.69, 9.17) is 4.84 Å². The maximum atomic E-state index is 13.0. The van der Waals surface area contributed by atoms with E-state index in [2.05, 4.69) is 10.6 Å². The highest BCUT2D eigenvalue weighted by atomic mass is 32.2. The lowest BCUT2D eigenvalue weighted by Gasteiger charge is -2.22. The van der Waals surface area contributed by atoms with Gasteiger partial charge in [0.15, 0.2) is 0 Å². The Bertz CT molecular complexity index is 721. The molecule has 0 aliphatic carbocycles. The molecule has 0 saturated carbocycles. The van der Waals surface area contributed by atoms with Crippen molar-refractivity contribution in [2.24, 2.45) is 5.16 Å². The molecule has 1 unspecified atom stereocenters. The van der Waals surface area contributed by atoms with E-state index in [0.717, 1.165) is 11.3 Å². The first-order chi connectivity index (χ1) is 11.1. The summed E-state index contributed by atoms with van der Waals surface area (Å²) in [6, 6.07) is 19.2. The lowest BCUT2D eigenvalue weighted by Crippen LogP contribution is -2.40. The van der Waals surface area contributed by atoms with Gasteiger partial charge in [0.2, 0.25) is 5.17 Å². The zero-order chi connectivity index (χ0) is 16.3. The van der Waals surface area contributed by atoms with Gasteiger partial charge in [-0.25, -0.2) is 0 Å². The molecule has 2 aromatic rings. The highest BCUT2D eigenvalue weighted by Gasteiger charge is 2.50. The molecule has 1 fully saturated rings. The Kier molecular flexibility index (Phi) is 4.25. The number of oxime groups is 1. The number of amidine groups is 1. The zero-order valence-corrected chi connectivity index (χ0v) is 13.7. The fraction of sp³-hybridized carbons (Fsp3) is 0.176. The highest BCUT2D eigenvalue weighted by molar-refractivity contribution is 8.15. The number of nitrogens with zero attached hydrogens (tertiary/aromatic N) is 2. The molecule has 1 aliphatic rings. The SMILES string of the molecule is CON=C1SC(C)(c2ccccc2)C(=O)N1Nc1ccccc1.